The molecule has 126 valence electrons. The lowest BCUT2D eigenvalue weighted by molar-refractivity contribution is -0.151. The zero-order chi connectivity index (χ0) is 17.2. The van der Waals surface area contributed by atoms with Crippen molar-refractivity contribution in [3.63, 3.8) is 0 Å². The Labute approximate surface area is 140 Å². The maximum absolute atomic E-state index is 12.6. The third-order valence-electron chi connectivity index (χ3n) is 4.84. The van der Waals surface area contributed by atoms with Gasteiger partial charge in [-0.1, -0.05) is 18.9 Å². The number of aliphatic carboxylic acids is 1. The molecule has 0 saturated heterocycles. The van der Waals surface area contributed by atoms with Gasteiger partial charge in [0.2, 0.25) is 0 Å². The molecule has 1 fully saturated rings. The molecule has 2 unspecified atom stereocenters. The first-order valence-electron chi connectivity index (χ1n) is 8.15. The molecule has 24 heavy (non-hydrogen) atoms. The van der Waals surface area contributed by atoms with Gasteiger partial charge in [0, 0.05) is 18.4 Å². The van der Waals surface area contributed by atoms with Gasteiger partial charge in [0.05, 0.1) is 5.41 Å². The third kappa shape index (κ3) is 3.04. The Hall–Kier alpha value is -2.63. The molecule has 2 aromatic rings. The molecule has 6 nitrogen and oxygen atoms in total. The molecular weight excluding hydrogens is 306 g/mol. The Morgan fingerprint density at radius 3 is 2.71 bits per heavy atom. The summed E-state index contributed by atoms with van der Waals surface area (Å²) in [5, 5.41) is 12.4. The number of carbonyl (C=O) groups excluding carboxylic acids is 1. The van der Waals surface area contributed by atoms with E-state index in [9.17, 15) is 14.7 Å². The number of carbonyl (C=O) groups is 2. The van der Waals surface area contributed by atoms with Crippen molar-refractivity contribution in [2.75, 3.05) is 0 Å². The smallest absolute Gasteiger partial charge is 0.311 e. The highest BCUT2D eigenvalue weighted by atomic mass is 16.4. The van der Waals surface area contributed by atoms with E-state index < -0.39 is 11.4 Å². The Morgan fingerprint density at radius 2 is 2.00 bits per heavy atom. The Bertz CT molecular complexity index is 742. The zero-order valence-corrected chi connectivity index (χ0v) is 13.6. The van der Waals surface area contributed by atoms with Gasteiger partial charge in [-0.3, -0.25) is 9.59 Å². The van der Waals surface area contributed by atoms with Crippen molar-refractivity contribution in [1.29, 1.82) is 0 Å². The van der Waals surface area contributed by atoms with Gasteiger partial charge in [0.1, 0.15) is 11.5 Å². The van der Waals surface area contributed by atoms with Crippen LogP contribution in [0.1, 0.15) is 43.1 Å². The maximum atomic E-state index is 12.6. The average molecular weight is 327 g/mol. The van der Waals surface area contributed by atoms with Crippen LogP contribution >= 0.6 is 0 Å². The topological polar surface area (TPSA) is 84.2 Å². The van der Waals surface area contributed by atoms with Crippen molar-refractivity contribution in [2.45, 2.75) is 38.6 Å². The third-order valence-corrected chi connectivity index (χ3v) is 4.84. The first-order valence-corrected chi connectivity index (χ1v) is 8.15. The minimum absolute atomic E-state index is 0.291. The van der Waals surface area contributed by atoms with Gasteiger partial charge in [0.25, 0.3) is 5.91 Å². The van der Waals surface area contributed by atoms with Gasteiger partial charge in [-0.05, 0) is 44.0 Å². The van der Waals surface area contributed by atoms with Crippen molar-refractivity contribution in [1.82, 2.24) is 14.9 Å². The lowest BCUT2D eigenvalue weighted by atomic mass is 9.71. The van der Waals surface area contributed by atoms with Crippen molar-refractivity contribution < 1.29 is 14.7 Å². The summed E-state index contributed by atoms with van der Waals surface area (Å²) in [6.45, 7) is 1.71. The minimum atomic E-state index is -0.925. The second-order valence-electron chi connectivity index (χ2n) is 6.47. The van der Waals surface area contributed by atoms with E-state index >= 15 is 0 Å². The van der Waals surface area contributed by atoms with E-state index in [0.29, 0.717) is 24.4 Å². The van der Waals surface area contributed by atoms with E-state index in [4.69, 9.17) is 0 Å². The van der Waals surface area contributed by atoms with E-state index in [2.05, 4.69) is 10.3 Å². The van der Waals surface area contributed by atoms with Crippen LogP contribution in [0.5, 0.6) is 0 Å². The highest BCUT2D eigenvalue weighted by molar-refractivity contribution is 5.93. The molecule has 0 radical (unpaired) electrons. The first-order chi connectivity index (χ1) is 11.5. The Kier molecular flexibility index (Phi) is 4.38. The average Bonchev–Trinajstić information content (AvgIpc) is 3.11. The van der Waals surface area contributed by atoms with E-state index in [-0.39, 0.29) is 11.9 Å². The van der Waals surface area contributed by atoms with E-state index in [1.165, 1.54) is 0 Å². The molecule has 0 aliphatic heterocycles. The SMILES string of the molecule is CC1(C(=O)O)CCCCC1NC(=O)c1cccc(-n2cccc2)n1. The van der Waals surface area contributed by atoms with Gasteiger partial charge >= 0.3 is 5.97 Å². The summed E-state index contributed by atoms with van der Waals surface area (Å²) < 4.78 is 1.82. The predicted molar refractivity (Wildman–Crippen MR) is 89.0 cm³/mol. The van der Waals surface area contributed by atoms with Crippen LogP contribution in [-0.4, -0.2) is 32.6 Å². The number of hydrogen-bond acceptors (Lipinski definition) is 3. The summed E-state index contributed by atoms with van der Waals surface area (Å²) in [4.78, 5) is 28.6. The fourth-order valence-corrected chi connectivity index (χ4v) is 3.23. The maximum Gasteiger partial charge on any atom is 0.311 e. The van der Waals surface area contributed by atoms with Crippen LogP contribution in [0, 0.1) is 5.41 Å². The van der Waals surface area contributed by atoms with Crippen LogP contribution < -0.4 is 5.32 Å². The highest BCUT2D eigenvalue weighted by Gasteiger charge is 2.44. The highest BCUT2D eigenvalue weighted by Crippen LogP contribution is 2.36. The summed E-state index contributed by atoms with van der Waals surface area (Å²) in [5.41, 5.74) is -0.633. The quantitative estimate of drug-likeness (QED) is 0.904. The fraction of sp³-hybridized carbons (Fsp3) is 0.389. The molecule has 2 atom stereocenters. The van der Waals surface area contributed by atoms with Crippen LogP contribution in [0.4, 0.5) is 0 Å². The van der Waals surface area contributed by atoms with Gasteiger partial charge in [-0.25, -0.2) is 4.98 Å². The molecule has 0 bridgehead atoms. The molecule has 1 aliphatic carbocycles. The second-order valence-corrected chi connectivity index (χ2v) is 6.47. The zero-order valence-electron chi connectivity index (χ0n) is 13.6. The van der Waals surface area contributed by atoms with Crippen molar-refractivity contribution in [3.05, 3.63) is 48.4 Å². The largest absolute Gasteiger partial charge is 0.481 e. The van der Waals surface area contributed by atoms with Gasteiger partial charge in [-0.15, -0.1) is 0 Å². The number of hydrogen-bond donors (Lipinski definition) is 2. The predicted octanol–water partition coefficient (Wildman–Crippen LogP) is 2.64. The molecule has 2 heterocycles. The molecule has 2 N–H and O–H groups in total. The molecule has 2 aromatic heterocycles. The van der Waals surface area contributed by atoms with Crippen molar-refractivity contribution in [3.8, 4) is 5.82 Å². The van der Waals surface area contributed by atoms with Crippen LogP contribution in [0.25, 0.3) is 5.82 Å². The lowest BCUT2D eigenvalue weighted by Crippen LogP contribution is -2.52. The number of carboxylic acids is 1. The van der Waals surface area contributed by atoms with Gasteiger partial charge in [-0.2, -0.15) is 0 Å². The second kappa shape index (κ2) is 6.47. The summed E-state index contributed by atoms with van der Waals surface area (Å²) in [5.74, 6) is -0.540. The van der Waals surface area contributed by atoms with Crippen molar-refractivity contribution >= 4 is 11.9 Å². The molecule has 1 aliphatic rings. The normalized spacial score (nSPS) is 23.6. The molecule has 6 heteroatoms. The number of aromatic nitrogens is 2. The monoisotopic (exact) mass is 327 g/mol. The van der Waals surface area contributed by atoms with Crippen LogP contribution in [0.15, 0.2) is 42.7 Å². The summed E-state index contributed by atoms with van der Waals surface area (Å²) in [6.07, 6.45) is 6.75. The summed E-state index contributed by atoms with van der Waals surface area (Å²) in [6, 6.07) is 8.62. The van der Waals surface area contributed by atoms with E-state index in [1.54, 1.807) is 19.1 Å². The van der Waals surface area contributed by atoms with Crippen molar-refractivity contribution in [2.24, 2.45) is 5.41 Å². The molecule has 1 amide bonds. The van der Waals surface area contributed by atoms with E-state index in [0.717, 1.165) is 12.8 Å². The summed E-state index contributed by atoms with van der Waals surface area (Å²) >= 11 is 0. The first kappa shape index (κ1) is 16.2. The molecule has 3 rings (SSSR count). The Morgan fingerprint density at radius 1 is 1.25 bits per heavy atom. The number of nitrogens with zero attached hydrogens (tertiary/aromatic N) is 2. The fourth-order valence-electron chi connectivity index (χ4n) is 3.23. The molecule has 1 saturated carbocycles. The van der Waals surface area contributed by atoms with Gasteiger partial charge in [0.15, 0.2) is 0 Å². The minimum Gasteiger partial charge on any atom is -0.481 e. The van der Waals surface area contributed by atoms with Crippen LogP contribution in [-0.2, 0) is 4.79 Å². The number of carboxylic acid groups (broad SMARTS) is 1. The summed E-state index contributed by atoms with van der Waals surface area (Å²) in [7, 11) is 0. The Balaban J connectivity index is 1.79. The van der Waals surface area contributed by atoms with Crippen LogP contribution in [0.2, 0.25) is 0 Å². The standard InChI is InChI=1S/C18H21N3O3/c1-18(17(23)24)10-3-2-8-14(18)20-16(22)13-7-6-9-15(19-13)21-11-4-5-12-21/h4-7,9,11-12,14H,2-3,8,10H2,1H3,(H,20,22)(H,23,24). The number of amides is 1. The lowest BCUT2D eigenvalue weighted by Gasteiger charge is -2.38. The number of pyridine rings is 1. The van der Waals surface area contributed by atoms with Gasteiger partial charge < -0.3 is 15.0 Å². The molecule has 0 aromatic carbocycles. The number of rotatable bonds is 4. The van der Waals surface area contributed by atoms with Crippen LogP contribution in [0.3, 0.4) is 0 Å². The molecule has 0 spiro atoms. The number of nitrogens with one attached hydrogen (secondary N) is 1. The molecular formula is C18H21N3O3. The van der Waals surface area contributed by atoms with E-state index in [1.807, 2.05) is 35.2 Å².